The number of hydrogen-bond acceptors (Lipinski definition) is 6. The summed E-state index contributed by atoms with van der Waals surface area (Å²) in [5, 5.41) is 13.1. The largest absolute Gasteiger partial charge is 0.494 e. The first-order valence-electron chi connectivity index (χ1n) is 9.62. The molecule has 0 unspecified atom stereocenters. The molecular weight excluding hydrogens is 384 g/mol. The number of ether oxygens (including phenoxy) is 1. The van der Waals surface area contributed by atoms with Crippen molar-refractivity contribution in [3.8, 4) is 5.75 Å². The van der Waals surface area contributed by atoms with E-state index in [-0.39, 0.29) is 24.0 Å². The molecule has 0 aliphatic carbocycles. The molecule has 1 heterocycles. The smallest absolute Gasteiger partial charge is 0.280 e. The molecule has 3 aromatic rings. The number of nitrogens with zero attached hydrogens (tertiary/aromatic N) is 3. The zero-order chi connectivity index (χ0) is 21.5. The van der Waals surface area contributed by atoms with Crippen LogP contribution in [0.15, 0.2) is 48.5 Å². The molecule has 30 heavy (non-hydrogen) atoms. The second-order valence-corrected chi connectivity index (χ2v) is 6.49. The number of amides is 2. The average Bonchev–Trinajstić information content (AvgIpc) is 3.10. The maximum absolute atomic E-state index is 12.4. The Bertz CT molecular complexity index is 1010. The Morgan fingerprint density at radius 2 is 1.63 bits per heavy atom. The Morgan fingerprint density at radius 1 is 1.00 bits per heavy atom. The molecule has 0 bridgehead atoms. The predicted molar refractivity (Wildman–Crippen MR) is 114 cm³/mol. The molecule has 9 heteroatoms. The summed E-state index contributed by atoms with van der Waals surface area (Å²) in [5.41, 5.74) is 8.34. The van der Waals surface area contributed by atoms with Gasteiger partial charge in [0.2, 0.25) is 5.91 Å². The maximum Gasteiger partial charge on any atom is 0.280 e. The first-order chi connectivity index (χ1) is 14.5. The zero-order valence-corrected chi connectivity index (χ0v) is 16.9. The van der Waals surface area contributed by atoms with Crippen LogP contribution in [0.2, 0.25) is 0 Å². The van der Waals surface area contributed by atoms with E-state index in [1.54, 1.807) is 24.3 Å². The van der Waals surface area contributed by atoms with Crippen LogP contribution in [0.4, 0.5) is 17.2 Å². The van der Waals surface area contributed by atoms with Crippen molar-refractivity contribution in [3.63, 3.8) is 0 Å². The number of carbonyl (C=O) groups is 2. The van der Waals surface area contributed by atoms with Crippen molar-refractivity contribution in [3.05, 3.63) is 59.8 Å². The molecule has 0 saturated carbocycles. The van der Waals surface area contributed by atoms with Gasteiger partial charge in [-0.15, -0.1) is 5.10 Å². The number of hydrogen-bond donors (Lipinski definition) is 3. The third kappa shape index (κ3) is 5.13. The highest BCUT2D eigenvalue weighted by molar-refractivity contribution is 6.05. The molecule has 0 saturated heterocycles. The van der Waals surface area contributed by atoms with Crippen LogP contribution < -0.4 is 21.1 Å². The van der Waals surface area contributed by atoms with Gasteiger partial charge in [0.1, 0.15) is 12.3 Å². The van der Waals surface area contributed by atoms with Crippen molar-refractivity contribution in [1.29, 1.82) is 0 Å². The van der Waals surface area contributed by atoms with Gasteiger partial charge in [0.15, 0.2) is 11.5 Å². The van der Waals surface area contributed by atoms with E-state index >= 15 is 0 Å². The van der Waals surface area contributed by atoms with E-state index in [1.807, 2.05) is 31.2 Å². The fraction of sp³-hybridized carbons (Fsp3) is 0.238. The fourth-order valence-corrected chi connectivity index (χ4v) is 2.75. The second-order valence-electron chi connectivity index (χ2n) is 6.49. The van der Waals surface area contributed by atoms with Crippen LogP contribution >= 0.6 is 0 Å². The Morgan fingerprint density at radius 3 is 2.27 bits per heavy atom. The van der Waals surface area contributed by atoms with Crippen molar-refractivity contribution in [2.75, 3.05) is 23.0 Å². The third-order valence-corrected chi connectivity index (χ3v) is 4.35. The van der Waals surface area contributed by atoms with Crippen LogP contribution in [0, 0.1) is 0 Å². The monoisotopic (exact) mass is 408 g/mol. The van der Waals surface area contributed by atoms with Crippen LogP contribution in [-0.4, -0.2) is 33.4 Å². The van der Waals surface area contributed by atoms with Gasteiger partial charge < -0.3 is 21.1 Å². The van der Waals surface area contributed by atoms with Crippen molar-refractivity contribution in [1.82, 2.24) is 15.0 Å². The molecule has 1 aromatic heterocycles. The quantitative estimate of drug-likeness (QED) is 0.526. The Kier molecular flexibility index (Phi) is 6.63. The van der Waals surface area contributed by atoms with Crippen molar-refractivity contribution in [2.24, 2.45) is 0 Å². The molecule has 0 radical (unpaired) electrons. The van der Waals surface area contributed by atoms with Crippen molar-refractivity contribution < 1.29 is 14.3 Å². The summed E-state index contributed by atoms with van der Waals surface area (Å²) in [5.74, 6) is -0.108. The molecule has 2 aromatic carbocycles. The Labute approximate surface area is 174 Å². The van der Waals surface area contributed by atoms with Crippen LogP contribution in [-0.2, 0) is 17.8 Å². The lowest BCUT2D eigenvalue weighted by Crippen LogP contribution is -2.21. The molecule has 4 N–H and O–H groups in total. The topological polar surface area (TPSA) is 124 Å². The van der Waals surface area contributed by atoms with Gasteiger partial charge in [-0.25, -0.2) is 4.68 Å². The maximum atomic E-state index is 12.4. The van der Waals surface area contributed by atoms with Gasteiger partial charge in [-0.1, -0.05) is 24.3 Å². The number of anilines is 3. The van der Waals surface area contributed by atoms with Crippen LogP contribution in [0.25, 0.3) is 0 Å². The van der Waals surface area contributed by atoms with E-state index in [4.69, 9.17) is 10.5 Å². The first kappa shape index (κ1) is 20.8. The van der Waals surface area contributed by atoms with Gasteiger partial charge in [0.25, 0.3) is 5.91 Å². The normalized spacial score (nSPS) is 10.5. The van der Waals surface area contributed by atoms with Crippen LogP contribution in [0.5, 0.6) is 5.75 Å². The fourth-order valence-electron chi connectivity index (χ4n) is 2.75. The van der Waals surface area contributed by atoms with Crippen LogP contribution in [0.3, 0.4) is 0 Å². The number of aryl methyl sites for hydroxylation is 1. The van der Waals surface area contributed by atoms with Crippen molar-refractivity contribution in [2.45, 2.75) is 26.8 Å². The van der Waals surface area contributed by atoms with Crippen LogP contribution in [0.1, 0.15) is 29.9 Å². The summed E-state index contributed by atoms with van der Waals surface area (Å²) in [6, 6.07) is 14.5. The summed E-state index contributed by atoms with van der Waals surface area (Å²) >= 11 is 0. The number of carbonyl (C=O) groups excluding carboxylic acids is 2. The second kappa shape index (κ2) is 9.55. The highest BCUT2D eigenvalue weighted by Gasteiger charge is 2.19. The molecule has 3 rings (SSSR count). The molecule has 0 aliphatic rings. The van der Waals surface area contributed by atoms with E-state index < -0.39 is 5.91 Å². The molecule has 0 aliphatic heterocycles. The van der Waals surface area contributed by atoms with E-state index in [0.29, 0.717) is 18.0 Å². The molecule has 0 atom stereocenters. The van der Waals surface area contributed by atoms with E-state index in [9.17, 15) is 9.59 Å². The summed E-state index contributed by atoms with van der Waals surface area (Å²) in [4.78, 5) is 24.7. The summed E-state index contributed by atoms with van der Waals surface area (Å²) in [6.45, 7) is 4.34. The highest BCUT2D eigenvalue weighted by atomic mass is 16.5. The number of nitrogens with two attached hydrogens (primary N) is 1. The SMILES string of the molecule is CCOc1ccc(NC(=O)Cn2nnc(C(=O)Nc3ccc(CC)cc3)c2N)cc1. The molecule has 9 nitrogen and oxygen atoms in total. The Hall–Kier alpha value is -3.88. The lowest BCUT2D eigenvalue weighted by Gasteiger charge is -2.08. The molecule has 2 amide bonds. The minimum absolute atomic E-state index is 0.0134. The van der Waals surface area contributed by atoms with Gasteiger partial charge in [-0.2, -0.15) is 0 Å². The van der Waals surface area contributed by atoms with Gasteiger partial charge in [0.05, 0.1) is 6.61 Å². The molecule has 156 valence electrons. The number of aromatic nitrogens is 3. The molecule has 0 fully saturated rings. The standard InChI is InChI=1S/C21H24N6O3/c1-3-14-5-7-16(8-6-14)24-21(29)19-20(22)27(26-25-19)13-18(28)23-15-9-11-17(12-10-15)30-4-2/h5-12H,3-4,13,22H2,1-2H3,(H,23,28)(H,24,29). The minimum atomic E-state index is -0.491. The van der Waals surface area contributed by atoms with Gasteiger partial charge in [-0.3, -0.25) is 9.59 Å². The number of nitrogens with one attached hydrogen (secondary N) is 2. The molecular formula is C21H24N6O3. The predicted octanol–water partition coefficient (Wildman–Crippen LogP) is 2.71. The third-order valence-electron chi connectivity index (χ3n) is 4.35. The summed E-state index contributed by atoms with van der Waals surface area (Å²) in [6.07, 6.45) is 0.911. The zero-order valence-electron chi connectivity index (χ0n) is 16.9. The number of rotatable bonds is 8. The van der Waals surface area contributed by atoms with Gasteiger partial charge in [0, 0.05) is 11.4 Å². The number of benzene rings is 2. The summed E-state index contributed by atoms with van der Waals surface area (Å²) < 4.78 is 6.55. The number of nitrogen functional groups attached to an aromatic ring is 1. The average molecular weight is 408 g/mol. The van der Waals surface area contributed by atoms with E-state index in [0.717, 1.165) is 17.7 Å². The van der Waals surface area contributed by atoms with Gasteiger partial charge in [-0.05, 0) is 55.3 Å². The molecule has 0 spiro atoms. The summed E-state index contributed by atoms with van der Waals surface area (Å²) in [7, 11) is 0. The van der Waals surface area contributed by atoms with E-state index in [1.165, 1.54) is 4.68 Å². The van der Waals surface area contributed by atoms with Gasteiger partial charge >= 0.3 is 0 Å². The minimum Gasteiger partial charge on any atom is -0.494 e. The van der Waals surface area contributed by atoms with E-state index in [2.05, 4.69) is 27.9 Å². The Balaban J connectivity index is 1.60. The lowest BCUT2D eigenvalue weighted by atomic mass is 10.1. The lowest BCUT2D eigenvalue weighted by molar-refractivity contribution is -0.116. The first-order valence-corrected chi connectivity index (χ1v) is 9.62. The van der Waals surface area contributed by atoms with Crippen molar-refractivity contribution >= 4 is 29.0 Å². The highest BCUT2D eigenvalue weighted by Crippen LogP contribution is 2.17.